The predicted molar refractivity (Wildman–Crippen MR) is 73.5 cm³/mol. The Hall–Kier alpha value is -0.503. The zero-order chi connectivity index (χ0) is 12.9. The van der Waals surface area contributed by atoms with Crippen LogP contribution < -0.4 is 0 Å². The molecule has 0 aromatic heterocycles. The van der Waals surface area contributed by atoms with Crippen LogP contribution >= 0.6 is 0 Å². The fourth-order valence-electron chi connectivity index (χ4n) is 2.09. The molecule has 1 fully saturated rings. The molecule has 0 spiro atoms. The summed E-state index contributed by atoms with van der Waals surface area (Å²) >= 11 is 0. The van der Waals surface area contributed by atoms with Crippen LogP contribution in [0.4, 0.5) is 0 Å². The van der Waals surface area contributed by atoms with Gasteiger partial charge in [-0.15, -0.1) is 5.54 Å². The first-order chi connectivity index (χ1) is 7.98. The fourth-order valence-corrected chi connectivity index (χ4v) is 2.55. The van der Waals surface area contributed by atoms with Gasteiger partial charge >= 0.3 is 0 Å². The maximum atomic E-state index is 5.28. The van der Waals surface area contributed by atoms with Gasteiger partial charge in [0.1, 0.15) is 8.07 Å². The van der Waals surface area contributed by atoms with E-state index < -0.39 is 8.07 Å². The van der Waals surface area contributed by atoms with Crippen LogP contribution in [0.25, 0.3) is 0 Å². The van der Waals surface area contributed by atoms with Gasteiger partial charge in [0.05, 0.1) is 25.3 Å². The SMILES string of the molecule is COC[C@H]1CC[C@H](COC)N1C#C[Si](C)(C)C. The molecule has 0 aromatic carbocycles. The molecule has 17 heavy (non-hydrogen) atoms. The Kier molecular flexibility index (Phi) is 5.51. The average molecular weight is 255 g/mol. The lowest BCUT2D eigenvalue weighted by atomic mass is 10.2. The van der Waals surface area contributed by atoms with Gasteiger partial charge in [0.2, 0.25) is 0 Å². The molecule has 98 valence electrons. The van der Waals surface area contributed by atoms with E-state index in [0.717, 1.165) is 26.1 Å². The molecule has 0 unspecified atom stereocenters. The summed E-state index contributed by atoms with van der Waals surface area (Å²) in [5, 5.41) is 0. The molecule has 0 aliphatic carbocycles. The van der Waals surface area contributed by atoms with Crippen molar-refractivity contribution in [3.05, 3.63) is 0 Å². The molecule has 0 amide bonds. The summed E-state index contributed by atoms with van der Waals surface area (Å²) in [6, 6.07) is 4.24. The van der Waals surface area contributed by atoms with Crippen LogP contribution in [-0.2, 0) is 9.47 Å². The normalized spacial score (nSPS) is 24.6. The van der Waals surface area contributed by atoms with Crippen LogP contribution in [0.1, 0.15) is 12.8 Å². The number of methoxy groups -OCH3 is 2. The molecular formula is C13H25NO2Si. The second-order valence-electron chi connectivity index (χ2n) is 5.69. The number of hydrogen-bond acceptors (Lipinski definition) is 3. The maximum absolute atomic E-state index is 5.28. The number of likely N-dealkylation sites (tertiary alicyclic amines) is 1. The molecule has 1 aliphatic heterocycles. The molecule has 0 saturated carbocycles. The standard InChI is InChI=1S/C13H25NO2Si/c1-15-10-12-6-7-13(11-16-2)14(12)8-9-17(3,4)5/h12-13H,6-7,10-11H2,1-5H3/t12-,13-/m1/s1. The third-order valence-electron chi connectivity index (χ3n) is 2.90. The monoisotopic (exact) mass is 255 g/mol. The fraction of sp³-hybridized carbons (Fsp3) is 0.846. The summed E-state index contributed by atoms with van der Waals surface area (Å²) in [6.45, 7) is 8.34. The third-order valence-corrected chi connectivity index (χ3v) is 3.76. The van der Waals surface area contributed by atoms with Crippen LogP contribution in [-0.4, -0.2) is 52.5 Å². The van der Waals surface area contributed by atoms with Crippen molar-refractivity contribution in [2.75, 3.05) is 27.4 Å². The molecule has 2 atom stereocenters. The highest BCUT2D eigenvalue weighted by atomic mass is 28.3. The van der Waals surface area contributed by atoms with Gasteiger partial charge in [-0.2, -0.15) is 0 Å². The van der Waals surface area contributed by atoms with E-state index in [1.54, 1.807) is 14.2 Å². The van der Waals surface area contributed by atoms with Gasteiger partial charge in [-0.1, -0.05) is 19.6 Å². The second kappa shape index (κ2) is 6.44. The van der Waals surface area contributed by atoms with Crippen molar-refractivity contribution in [2.45, 2.75) is 44.6 Å². The van der Waals surface area contributed by atoms with E-state index in [2.05, 4.69) is 36.1 Å². The Morgan fingerprint density at radius 3 is 1.88 bits per heavy atom. The van der Waals surface area contributed by atoms with E-state index in [1.807, 2.05) is 0 Å². The first-order valence-electron chi connectivity index (χ1n) is 6.27. The van der Waals surface area contributed by atoms with Crippen molar-refractivity contribution in [3.8, 4) is 11.6 Å². The van der Waals surface area contributed by atoms with Gasteiger partial charge in [-0.05, 0) is 12.8 Å². The highest BCUT2D eigenvalue weighted by Crippen LogP contribution is 2.23. The Balaban J connectivity index is 2.73. The summed E-state index contributed by atoms with van der Waals surface area (Å²) in [5.41, 5.74) is 3.44. The van der Waals surface area contributed by atoms with E-state index in [1.165, 1.54) is 0 Å². The smallest absolute Gasteiger partial charge is 0.131 e. The molecule has 1 saturated heterocycles. The van der Waals surface area contributed by atoms with Crippen molar-refractivity contribution >= 4 is 8.07 Å². The highest BCUT2D eigenvalue weighted by Gasteiger charge is 2.31. The molecule has 0 N–H and O–H groups in total. The number of rotatable bonds is 4. The first-order valence-corrected chi connectivity index (χ1v) is 9.77. The molecule has 0 aromatic rings. The van der Waals surface area contributed by atoms with E-state index >= 15 is 0 Å². The topological polar surface area (TPSA) is 21.7 Å². The van der Waals surface area contributed by atoms with Gasteiger partial charge < -0.3 is 14.4 Å². The van der Waals surface area contributed by atoms with Crippen molar-refractivity contribution in [2.24, 2.45) is 0 Å². The molecule has 1 rings (SSSR count). The summed E-state index contributed by atoms with van der Waals surface area (Å²) in [6.07, 6.45) is 2.31. The van der Waals surface area contributed by atoms with Crippen LogP contribution in [0.3, 0.4) is 0 Å². The Morgan fingerprint density at radius 1 is 1.06 bits per heavy atom. The Labute approximate surface area is 106 Å². The number of hydrogen-bond donors (Lipinski definition) is 0. The van der Waals surface area contributed by atoms with E-state index in [-0.39, 0.29) is 0 Å². The molecule has 1 aliphatic rings. The maximum Gasteiger partial charge on any atom is 0.131 e. The number of nitrogens with zero attached hydrogens (tertiary/aromatic N) is 1. The average Bonchev–Trinajstić information content (AvgIpc) is 2.58. The van der Waals surface area contributed by atoms with Crippen LogP contribution in [0, 0.1) is 11.6 Å². The van der Waals surface area contributed by atoms with Gasteiger partial charge in [-0.25, -0.2) is 0 Å². The minimum Gasteiger partial charge on any atom is -0.383 e. The zero-order valence-electron chi connectivity index (χ0n) is 11.7. The van der Waals surface area contributed by atoms with Gasteiger partial charge in [0, 0.05) is 20.3 Å². The predicted octanol–water partition coefficient (Wildman–Crippen LogP) is 1.95. The van der Waals surface area contributed by atoms with Crippen LogP contribution in [0.2, 0.25) is 19.6 Å². The second-order valence-corrected chi connectivity index (χ2v) is 10.4. The van der Waals surface area contributed by atoms with Crippen LogP contribution in [0.15, 0.2) is 0 Å². The molecule has 1 heterocycles. The minimum absolute atomic E-state index is 0.434. The molecule has 0 bridgehead atoms. The van der Waals surface area contributed by atoms with Crippen LogP contribution in [0.5, 0.6) is 0 Å². The summed E-state index contributed by atoms with van der Waals surface area (Å²) < 4.78 is 10.6. The van der Waals surface area contributed by atoms with Crippen molar-refractivity contribution in [1.82, 2.24) is 4.90 Å². The number of ether oxygens (including phenoxy) is 2. The zero-order valence-corrected chi connectivity index (χ0v) is 12.7. The Bertz CT molecular complexity index is 276. The van der Waals surface area contributed by atoms with Crippen molar-refractivity contribution in [1.29, 1.82) is 0 Å². The van der Waals surface area contributed by atoms with Gasteiger partial charge in [0.15, 0.2) is 0 Å². The molecule has 3 nitrogen and oxygen atoms in total. The van der Waals surface area contributed by atoms with E-state index in [0.29, 0.717) is 12.1 Å². The first kappa shape index (κ1) is 14.6. The van der Waals surface area contributed by atoms with Crippen molar-refractivity contribution in [3.63, 3.8) is 0 Å². The van der Waals surface area contributed by atoms with E-state index in [9.17, 15) is 0 Å². The summed E-state index contributed by atoms with van der Waals surface area (Å²) in [7, 11) is 2.20. The molecule has 0 radical (unpaired) electrons. The van der Waals surface area contributed by atoms with Gasteiger partial charge in [-0.3, -0.25) is 0 Å². The lowest BCUT2D eigenvalue weighted by Gasteiger charge is -2.26. The lowest BCUT2D eigenvalue weighted by molar-refractivity contribution is 0.0981. The largest absolute Gasteiger partial charge is 0.383 e. The quantitative estimate of drug-likeness (QED) is 0.566. The van der Waals surface area contributed by atoms with Crippen molar-refractivity contribution < 1.29 is 9.47 Å². The highest BCUT2D eigenvalue weighted by molar-refractivity contribution is 6.83. The molecular weight excluding hydrogens is 230 g/mol. The van der Waals surface area contributed by atoms with E-state index in [4.69, 9.17) is 9.47 Å². The van der Waals surface area contributed by atoms with Gasteiger partial charge in [0.25, 0.3) is 0 Å². The summed E-state index contributed by atoms with van der Waals surface area (Å²) in [4.78, 5) is 2.27. The lowest BCUT2D eigenvalue weighted by Crippen LogP contribution is -2.37. The minimum atomic E-state index is -1.31. The third kappa shape index (κ3) is 4.70. The summed E-state index contributed by atoms with van der Waals surface area (Å²) in [5.74, 6) is 0. The Morgan fingerprint density at radius 2 is 1.53 bits per heavy atom. The molecule has 4 heteroatoms.